The summed E-state index contributed by atoms with van der Waals surface area (Å²) >= 11 is 0. The van der Waals surface area contributed by atoms with Crippen LogP contribution in [0.2, 0.25) is 0 Å². The largest absolute Gasteiger partial charge is 0.316 e. The molecule has 2 rings (SSSR count). The Morgan fingerprint density at radius 1 is 1.10 bits per heavy atom. The Bertz CT molecular complexity index is 681. The number of aryl methyl sites for hydroxylation is 2. The van der Waals surface area contributed by atoms with Gasteiger partial charge in [-0.2, -0.15) is 0 Å². The van der Waals surface area contributed by atoms with Gasteiger partial charge in [-0.05, 0) is 43.2 Å². The molecule has 0 fully saturated rings. The summed E-state index contributed by atoms with van der Waals surface area (Å²) in [5, 5.41) is 13.5. The average molecular weight is 270 g/mol. The van der Waals surface area contributed by atoms with Crippen molar-refractivity contribution in [1.82, 2.24) is 0 Å². The van der Waals surface area contributed by atoms with Crippen LogP contribution in [-0.4, -0.2) is 10.8 Å². The highest BCUT2D eigenvalue weighted by Gasteiger charge is 2.15. The van der Waals surface area contributed by atoms with Gasteiger partial charge in [-0.3, -0.25) is 14.9 Å². The van der Waals surface area contributed by atoms with E-state index in [0.29, 0.717) is 5.56 Å². The SMILES string of the molecule is Cc1ccc(C(=O)Nc2ccccc2[N+](=O)[O-])cc1C. The highest BCUT2D eigenvalue weighted by atomic mass is 16.6. The van der Waals surface area contributed by atoms with E-state index in [1.165, 1.54) is 12.1 Å². The molecule has 5 heteroatoms. The number of nitrogens with zero attached hydrogens (tertiary/aromatic N) is 1. The molecule has 0 aliphatic carbocycles. The number of anilines is 1. The Morgan fingerprint density at radius 3 is 2.45 bits per heavy atom. The van der Waals surface area contributed by atoms with Crippen molar-refractivity contribution in [2.24, 2.45) is 0 Å². The highest BCUT2D eigenvalue weighted by Crippen LogP contribution is 2.24. The van der Waals surface area contributed by atoms with E-state index >= 15 is 0 Å². The molecule has 0 saturated heterocycles. The van der Waals surface area contributed by atoms with Gasteiger partial charge in [0.05, 0.1) is 4.92 Å². The predicted octanol–water partition coefficient (Wildman–Crippen LogP) is 3.46. The minimum Gasteiger partial charge on any atom is -0.316 e. The summed E-state index contributed by atoms with van der Waals surface area (Å²) in [6.45, 7) is 3.87. The summed E-state index contributed by atoms with van der Waals surface area (Å²) in [6.07, 6.45) is 0. The lowest BCUT2D eigenvalue weighted by Gasteiger charge is -2.07. The third kappa shape index (κ3) is 2.83. The molecule has 0 spiro atoms. The molecule has 2 aromatic rings. The van der Waals surface area contributed by atoms with E-state index < -0.39 is 4.92 Å². The number of carbonyl (C=O) groups excluding carboxylic acids is 1. The Labute approximate surface area is 116 Å². The van der Waals surface area contributed by atoms with Crippen molar-refractivity contribution < 1.29 is 9.72 Å². The first-order chi connectivity index (χ1) is 9.49. The first-order valence-corrected chi connectivity index (χ1v) is 6.11. The third-order valence-electron chi connectivity index (χ3n) is 3.12. The number of nitro groups is 1. The number of hydrogen-bond acceptors (Lipinski definition) is 3. The van der Waals surface area contributed by atoms with E-state index in [0.717, 1.165) is 11.1 Å². The fourth-order valence-electron chi connectivity index (χ4n) is 1.82. The highest BCUT2D eigenvalue weighted by molar-refractivity contribution is 6.05. The lowest BCUT2D eigenvalue weighted by atomic mass is 10.1. The molecule has 102 valence electrons. The summed E-state index contributed by atoms with van der Waals surface area (Å²) in [7, 11) is 0. The lowest BCUT2D eigenvalue weighted by Crippen LogP contribution is -2.13. The Hall–Kier alpha value is -2.69. The summed E-state index contributed by atoms with van der Waals surface area (Å²) in [5.41, 5.74) is 2.64. The van der Waals surface area contributed by atoms with E-state index in [9.17, 15) is 14.9 Å². The molecule has 1 amide bonds. The number of rotatable bonds is 3. The van der Waals surface area contributed by atoms with Gasteiger partial charge in [0.15, 0.2) is 0 Å². The van der Waals surface area contributed by atoms with Crippen molar-refractivity contribution in [3.8, 4) is 0 Å². The molecule has 0 bridgehead atoms. The molecule has 2 aromatic carbocycles. The van der Waals surface area contributed by atoms with Gasteiger partial charge in [0, 0.05) is 11.6 Å². The van der Waals surface area contributed by atoms with E-state index in [-0.39, 0.29) is 17.3 Å². The molecule has 0 unspecified atom stereocenters. The van der Waals surface area contributed by atoms with Crippen LogP contribution in [-0.2, 0) is 0 Å². The fraction of sp³-hybridized carbons (Fsp3) is 0.133. The monoisotopic (exact) mass is 270 g/mol. The molecule has 1 N–H and O–H groups in total. The molecule has 0 aliphatic rings. The van der Waals surface area contributed by atoms with Crippen LogP contribution in [0.15, 0.2) is 42.5 Å². The van der Waals surface area contributed by atoms with Crippen molar-refractivity contribution in [1.29, 1.82) is 0 Å². The van der Waals surface area contributed by atoms with Crippen molar-refractivity contribution in [3.05, 3.63) is 69.3 Å². The van der Waals surface area contributed by atoms with Gasteiger partial charge in [0.25, 0.3) is 11.6 Å². The topological polar surface area (TPSA) is 72.2 Å². The molecule has 0 atom stereocenters. The van der Waals surface area contributed by atoms with Crippen molar-refractivity contribution >= 4 is 17.3 Å². The predicted molar refractivity (Wildman–Crippen MR) is 77.0 cm³/mol. The van der Waals surface area contributed by atoms with Gasteiger partial charge in [0.1, 0.15) is 5.69 Å². The van der Waals surface area contributed by atoms with Crippen LogP contribution in [0.3, 0.4) is 0 Å². The Kier molecular flexibility index (Phi) is 3.79. The number of benzene rings is 2. The summed E-state index contributed by atoms with van der Waals surface area (Å²) in [4.78, 5) is 22.5. The van der Waals surface area contributed by atoms with Crippen LogP contribution in [0, 0.1) is 24.0 Å². The number of nitrogens with one attached hydrogen (secondary N) is 1. The average Bonchev–Trinajstić information content (AvgIpc) is 2.42. The third-order valence-corrected chi connectivity index (χ3v) is 3.12. The molecule has 0 radical (unpaired) electrons. The Morgan fingerprint density at radius 2 is 1.80 bits per heavy atom. The molecule has 20 heavy (non-hydrogen) atoms. The quantitative estimate of drug-likeness (QED) is 0.685. The number of amides is 1. The normalized spacial score (nSPS) is 10.1. The molecule has 0 aliphatic heterocycles. The number of hydrogen-bond donors (Lipinski definition) is 1. The van der Waals surface area contributed by atoms with Gasteiger partial charge >= 0.3 is 0 Å². The van der Waals surface area contributed by atoms with Crippen molar-refractivity contribution in [3.63, 3.8) is 0 Å². The zero-order chi connectivity index (χ0) is 14.7. The van der Waals surface area contributed by atoms with Gasteiger partial charge in [0.2, 0.25) is 0 Å². The van der Waals surface area contributed by atoms with Gasteiger partial charge in [-0.25, -0.2) is 0 Å². The van der Waals surface area contributed by atoms with Crippen molar-refractivity contribution in [2.75, 3.05) is 5.32 Å². The maximum Gasteiger partial charge on any atom is 0.292 e. The van der Waals surface area contributed by atoms with Gasteiger partial charge < -0.3 is 5.32 Å². The number of para-hydroxylation sites is 2. The zero-order valence-corrected chi connectivity index (χ0v) is 11.2. The molecular formula is C15H14N2O3. The maximum atomic E-state index is 12.1. The number of carbonyl (C=O) groups is 1. The van der Waals surface area contributed by atoms with Crippen LogP contribution in [0.5, 0.6) is 0 Å². The van der Waals surface area contributed by atoms with E-state index in [1.54, 1.807) is 24.3 Å². The second kappa shape index (κ2) is 5.52. The standard InChI is InChI=1S/C15H14N2O3/c1-10-7-8-12(9-11(10)2)15(18)16-13-5-3-4-6-14(13)17(19)20/h3-9H,1-2H3,(H,16,18). The van der Waals surface area contributed by atoms with E-state index in [4.69, 9.17) is 0 Å². The van der Waals surface area contributed by atoms with E-state index in [1.807, 2.05) is 19.9 Å². The number of nitro benzene ring substituents is 1. The summed E-state index contributed by atoms with van der Waals surface area (Å²) in [6, 6.07) is 11.4. The van der Waals surface area contributed by atoms with Gasteiger partial charge in [-0.1, -0.05) is 18.2 Å². The van der Waals surface area contributed by atoms with Crippen LogP contribution >= 0.6 is 0 Å². The van der Waals surface area contributed by atoms with Crippen LogP contribution in [0.25, 0.3) is 0 Å². The molecule has 5 nitrogen and oxygen atoms in total. The first kappa shape index (κ1) is 13.7. The molecule has 0 aromatic heterocycles. The summed E-state index contributed by atoms with van der Waals surface area (Å²) in [5.74, 6) is -0.359. The molecular weight excluding hydrogens is 256 g/mol. The first-order valence-electron chi connectivity index (χ1n) is 6.11. The lowest BCUT2D eigenvalue weighted by molar-refractivity contribution is -0.383. The second-order valence-corrected chi connectivity index (χ2v) is 4.53. The van der Waals surface area contributed by atoms with Gasteiger partial charge in [-0.15, -0.1) is 0 Å². The zero-order valence-electron chi connectivity index (χ0n) is 11.2. The minimum atomic E-state index is -0.518. The minimum absolute atomic E-state index is 0.121. The van der Waals surface area contributed by atoms with E-state index in [2.05, 4.69) is 5.32 Å². The van der Waals surface area contributed by atoms with Crippen LogP contribution in [0.1, 0.15) is 21.5 Å². The Balaban J connectivity index is 2.28. The van der Waals surface area contributed by atoms with Crippen LogP contribution in [0.4, 0.5) is 11.4 Å². The van der Waals surface area contributed by atoms with Crippen molar-refractivity contribution in [2.45, 2.75) is 13.8 Å². The van der Waals surface area contributed by atoms with Crippen LogP contribution < -0.4 is 5.32 Å². The smallest absolute Gasteiger partial charge is 0.292 e. The second-order valence-electron chi connectivity index (χ2n) is 4.53. The fourth-order valence-corrected chi connectivity index (χ4v) is 1.82. The molecule has 0 heterocycles. The molecule has 0 saturated carbocycles. The summed E-state index contributed by atoms with van der Waals surface area (Å²) < 4.78 is 0. The maximum absolute atomic E-state index is 12.1.